The van der Waals surface area contributed by atoms with Gasteiger partial charge in [0.25, 0.3) is 0 Å². The molecule has 0 fully saturated rings. The number of pyridine rings is 1. The molecule has 5 heteroatoms. The average molecular weight is 254 g/mol. The van der Waals surface area contributed by atoms with Crippen molar-refractivity contribution in [2.45, 2.75) is 13.8 Å². The summed E-state index contributed by atoms with van der Waals surface area (Å²) in [6.45, 7) is 4.04. The largest absolute Gasteiger partial charge is 0.258 e. The summed E-state index contributed by atoms with van der Waals surface area (Å²) in [5, 5.41) is 4.48. The monoisotopic (exact) mass is 254 g/mol. The Balaban J connectivity index is 2.07. The van der Waals surface area contributed by atoms with Gasteiger partial charge in [-0.25, -0.2) is 13.8 Å². The summed E-state index contributed by atoms with van der Waals surface area (Å²) in [4.78, 5) is 4.31. The third-order valence-electron chi connectivity index (χ3n) is 3.03. The fourth-order valence-corrected chi connectivity index (χ4v) is 2.17. The lowest BCUT2D eigenvalue weighted by Crippen LogP contribution is -2.23. The molecule has 0 aliphatic carbocycles. The Labute approximate surface area is 111 Å². The summed E-state index contributed by atoms with van der Waals surface area (Å²) < 4.78 is 5.94. The Hall–Kier alpha value is -2.43. The maximum absolute atomic E-state index is 4.48. The predicted molar refractivity (Wildman–Crippen MR) is 71.3 cm³/mol. The highest BCUT2D eigenvalue weighted by Crippen LogP contribution is 2.14. The third-order valence-corrected chi connectivity index (χ3v) is 3.03. The smallest absolute Gasteiger partial charge is 0.248 e. The van der Waals surface area contributed by atoms with Crippen molar-refractivity contribution in [3.05, 3.63) is 54.6 Å². The summed E-state index contributed by atoms with van der Waals surface area (Å²) >= 11 is 0. The molecule has 0 atom stereocenters. The van der Waals surface area contributed by atoms with Gasteiger partial charge in [-0.05, 0) is 19.9 Å². The van der Waals surface area contributed by atoms with Crippen LogP contribution in [0.15, 0.2) is 43.2 Å². The molecule has 0 amide bonds. The minimum absolute atomic E-state index is 0.972. The van der Waals surface area contributed by atoms with E-state index in [-0.39, 0.29) is 0 Å². The molecule has 0 N–H and O–H groups in total. The van der Waals surface area contributed by atoms with Crippen molar-refractivity contribution < 1.29 is 4.57 Å². The van der Waals surface area contributed by atoms with Crippen molar-refractivity contribution in [2.24, 2.45) is 7.05 Å². The van der Waals surface area contributed by atoms with Crippen molar-refractivity contribution in [1.82, 2.24) is 19.3 Å². The van der Waals surface area contributed by atoms with Gasteiger partial charge in [-0.1, -0.05) is 0 Å². The molecule has 3 rings (SSSR count). The van der Waals surface area contributed by atoms with Gasteiger partial charge in [-0.2, -0.15) is 5.10 Å². The summed E-state index contributed by atoms with van der Waals surface area (Å²) in [7, 11) is 1.99. The van der Waals surface area contributed by atoms with E-state index in [0.717, 1.165) is 22.8 Å². The molecule has 0 saturated heterocycles. The second kappa shape index (κ2) is 4.35. The molecule has 0 saturated carbocycles. The number of hydrogen-bond acceptors (Lipinski definition) is 2. The lowest BCUT2D eigenvalue weighted by atomic mass is 10.3. The number of aromatic nitrogens is 5. The van der Waals surface area contributed by atoms with Crippen LogP contribution in [0.5, 0.6) is 0 Å². The van der Waals surface area contributed by atoms with Crippen LogP contribution in [0.25, 0.3) is 11.4 Å². The van der Waals surface area contributed by atoms with E-state index in [9.17, 15) is 0 Å². The van der Waals surface area contributed by atoms with Crippen LogP contribution in [0, 0.1) is 13.8 Å². The molecule has 0 aromatic carbocycles. The zero-order valence-corrected chi connectivity index (χ0v) is 11.3. The van der Waals surface area contributed by atoms with E-state index in [4.69, 9.17) is 0 Å². The van der Waals surface area contributed by atoms with E-state index in [2.05, 4.69) is 22.2 Å². The van der Waals surface area contributed by atoms with Gasteiger partial charge in [0, 0.05) is 11.8 Å². The molecule has 0 spiro atoms. The normalized spacial score (nSPS) is 10.9. The first-order valence-corrected chi connectivity index (χ1v) is 6.16. The van der Waals surface area contributed by atoms with Crippen LogP contribution >= 0.6 is 0 Å². The third kappa shape index (κ3) is 2.14. The zero-order chi connectivity index (χ0) is 13.4. The quantitative estimate of drug-likeness (QED) is 0.650. The lowest BCUT2D eigenvalue weighted by Gasteiger charge is -2.04. The molecule has 0 radical (unpaired) electrons. The molecule has 96 valence electrons. The van der Waals surface area contributed by atoms with Crippen LogP contribution in [-0.2, 0) is 7.05 Å². The van der Waals surface area contributed by atoms with Crippen molar-refractivity contribution >= 4 is 0 Å². The molecule has 0 bridgehead atoms. The van der Waals surface area contributed by atoms with Crippen LogP contribution in [0.4, 0.5) is 0 Å². The van der Waals surface area contributed by atoms with E-state index >= 15 is 0 Å². The molecule has 0 aliphatic rings. The highest BCUT2D eigenvalue weighted by atomic mass is 15.3. The standard InChI is InChI=1S/C14H16N5/c1-11-6-12(2)19(16-11)14-7-13(8-15-9-14)18-5-4-17(3)10-18/h4-10H,1-3H3/q+1. The molecule has 0 unspecified atom stereocenters. The summed E-state index contributed by atoms with van der Waals surface area (Å²) in [5.41, 5.74) is 4.11. The zero-order valence-electron chi connectivity index (χ0n) is 11.3. The summed E-state index contributed by atoms with van der Waals surface area (Å²) in [6.07, 6.45) is 9.67. The van der Waals surface area contributed by atoms with Crippen LogP contribution in [0.1, 0.15) is 11.4 Å². The van der Waals surface area contributed by atoms with Crippen molar-refractivity contribution in [3.8, 4) is 11.4 Å². The van der Waals surface area contributed by atoms with Gasteiger partial charge in [-0.15, -0.1) is 0 Å². The topological polar surface area (TPSA) is 39.5 Å². The summed E-state index contributed by atoms with van der Waals surface area (Å²) in [6, 6.07) is 4.13. The van der Waals surface area contributed by atoms with Gasteiger partial charge in [-0.3, -0.25) is 4.98 Å². The van der Waals surface area contributed by atoms with E-state index in [1.165, 1.54) is 0 Å². The first kappa shape index (κ1) is 11.6. The van der Waals surface area contributed by atoms with Gasteiger partial charge in [0.1, 0.15) is 12.4 Å². The SMILES string of the molecule is Cc1cc(C)n(-c2cncc(-n3cc[n+](C)c3)c2)n1. The molecule has 3 heterocycles. The number of imidazole rings is 1. The van der Waals surface area contributed by atoms with Gasteiger partial charge >= 0.3 is 0 Å². The van der Waals surface area contributed by atoms with Crippen LogP contribution in [0.2, 0.25) is 0 Å². The van der Waals surface area contributed by atoms with E-state index in [1.54, 1.807) is 0 Å². The maximum atomic E-state index is 4.48. The van der Waals surface area contributed by atoms with E-state index in [0.29, 0.717) is 0 Å². The van der Waals surface area contributed by atoms with Crippen LogP contribution < -0.4 is 4.57 Å². The highest BCUT2D eigenvalue weighted by molar-refractivity contribution is 5.40. The minimum Gasteiger partial charge on any atom is -0.258 e. The maximum Gasteiger partial charge on any atom is 0.248 e. The molecule has 0 aliphatic heterocycles. The number of rotatable bonds is 2. The first-order chi connectivity index (χ1) is 9.13. The fraction of sp³-hybridized carbons (Fsp3) is 0.214. The number of nitrogens with zero attached hydrogens (tertiary/aromatic N) is 5. The Morgan fingerprint density at radius 2 is 1.89 bits per heavy atom. The Kier molecular flexibility index (Phi) is 2.67. The second-order valence-corrected chi connectivity index (χ2v) is 4.73. The molecule has 5 nitrogen and oxygen atoms in total. The fourth-order valence-electron chi connectivity index (χ4n) is 2.17. The Morgan fingerprint density at radius 3 is 2.53 bits per heavy atom. The lowest BCUT2D eigenvalue weighted by molar-refractivity contribution is -0.670. The van der Waals surface area contributed by atoms with Crippen LogP contribution in [-0.4, -0.2) is 19.3 Å². The van der Waals surface area contributed by atoms with Crippen molar-refractivity contribution in [1.29, 1.82) is 0 Å². The second-order valence-electron chi connectivity index (χ2n) is 4.73. The van der Waals surface area contributed by atoms with Gasteiger partial charge in [0.15, 0.2) is 5.69 Å². The minimum atomic E-state index is 0.972. The molecule has 19 heavy (non-hydrogen) atoms. The predicted octanol–water partition coefficient (Wildman–Crippen LogP) is 1.50. The number of hydrogen-bond donors (Lipinski definition) is 0. The molecule has 3 aromatic heterocycles. The Morgan fingerprint density at radius 1 is 1.11 bits per heavy atom. The van der Waals surface area contributed by atoms with Crippen molar-refractivity contribution in [3.63, 3.8) is 0 Å². The van der Waals surface area contributed by atoms with Gasteiger partial charge in [0.05, 0.1) is 30.8 Å². The highest BCUT2D eigenvalue weighted by Gasteiger charge is 2.09. The van der Waals surface area contributed by atoms with Crippen LogP contribution in [0.3, 0.4) is 0 Å². The summed E-state index contributed by atoms with van der Waals surface area (Å²) in [5.74, 6) is 0. The van der Waals surface area contributed by atoms with E-state index < -0.39 is 0 Å². The molecular weight excluding hydrogens is 238 g/mol. The van der Waals surface area contributed by atoms with Gasteiger partial charge < -0.3 is 0 Å². The first-order valence-electron chi connectivity index (χ1n) is 6.16. The Bertz CT molecular complexity index is 723. The van der Waals surface area contributed by atoms with Crippen molar-refractivity contribution in [2.75, 3.05) is 0 Å². The number of aryl methyl sites for hydroxylation is 3. The molecule has 3 aromatic rings. The van der Waals surface area contributed by atoms with E-state index in [1.807, 2.05) is 65.8 Å². The average Bonchev–Trinajstić information content (AvgIpc) is 2.96. The van der Waals surface area contributed by atoms with Gasteiger partial charge in [0.2, 0.25) is 6.33 Å². The molecular formula is C14H16N5+.